The molecule has 7 nitrogen and oxygen atoms in total. The van der Waals surface area contributed by atoms with Crippen LogP contribution in [0, 0.1) is 5.82 Å². The van der Waals surface area contributed by atoms with Gasteiger partial charge in [0.2, 0.25) is 0 Å². The molecule has 3 heterocycles. The summed E-state index contributed by atoms with van der Waals surface area (Å²) in [4.78, 5) is 13.8. The van der Waals surface area contributed by atoms with Crippen molar-refractivity contribution >= 4 is 16.7 Å². The quantitative estimate of drug-likeness (QED) is 0.515. The van der Waals surface area contributed by atoms with Gasteiger partial charge in [-0.1, -0.05) is 25.1 Å². The molecule has 2 aromatic carbocycles. The van der Waals surface area contributed by atoms with Crippen LogP contribution in [0.2, 0.25) is 0 Å². The number of likely N-dealkylation sites (N-methyl/N-ethyl adjacent to an activating group) is 1. The van der Waals surface area contributed by atoms with Gasteiger partial charge in [-0.3, -0.25) is 5.10 Å². The minimum atomic E-state index is -0.429. The van der Waals surface area contributed by atoms with Crippen molar-refractivity contribution in [3.05, 3.63) is 54.5 Å². The molecule has 2 aromatic heterocycles. The third kappa shape index (κ3) is 3.67. The predicted octanol–water partition coefficient (Wildman–Crippen LogP) is 3.98. The molecule has 1 N–H and O–H groups in total. The Morgan fingerprint density at radius 2 is 1.84 bits per heavy atom. The minimum absolute atomic E-state index is 0.241. The van der Waals surface area contributed by atoms with Crippen LogP contribution in [0.1, 0.15) is 6.92 Å². The van der Waals surface area contributed by atoms with E-state index in [1.165, 1.54) is 18.9 Å². The Kier molecular flexibility index (Phi) is 5.45. The van der Waals surface area contributed by atoms with E-state index >= 15 is 0 Å². The van der Waals surface area contributed by atoms with Crippen molar-refractivity contribution in [3.63, 3.8) is 0 Å². The van der Waals surface area contributed by atoms with Crippen LogP contribution in [-0.4, -0.2) is 64.9 Å². The highest BCUT2D eigenvalue weighted by atomic mass is 19.1. The number of ether oxygens (including phenoxy) is 1. The van der Waals surface area contributed by atoms with Gasteiger partial charge >= 0.3 is 0 Å². The van der Waals surface area contributed by atoms with Gasteiger partial charge in [0.25, 0.3) is 0 Å². The number of anilines is 1. The molecule has 0 unspecified atom stereocenters. The highest BCUT2D eigenvalue weighted by molar-refractivity contribution is 5.90. The molecule has 5 rings (SSSR count). The van der Waals surface area contributed by atoms with Crippen molar-refractivity contribution in [1.82, 2.24) is 25.1 Å². The molecular formula is C24H25FN6O. The number of methoxy groups -OCH3 is 1. The first kappa shape index (κ1) is 20.4. The third-order valence-corrected chi connectivity index (χ3v) is 6.05. The average molecular weight is 433 g/mol. The van der Waals surface area contributed by atoms with Crippen LogP contribution in [0.5, 0.6) is 5.75 Å². The lowest BCUT2D eigenvalue weighted by molar-refractivity contribution is 0.271. The lowest BCUT2D eigenvalue weighted by atomic mass is 10.1. The summed E-state index contributed by atoms with van der Waals surface area (Å²) in [5, 5.41) is 7.44. The number of H-pyrrole nitrogens is 1. The van der Waals surface area contributed by atoms with Crippen LogP contribution in [0.15, 0.2) is 48.7 Å². The van der Waals surface area contributed by atoms with Gasteiger partial charge < -0.3 is 14.5 Å². The second-order valence-electron chi connectivity index (χ2n) is 7.81. The molecule has 0 spiro atoms. The van der Waals surface area contributed by atoms with Crippen molar-refractivity contribution < 1.29 is 9.13 Å². The summed E-state index contributed by atoms with van der Waals surface area (Å²) in [6.45, 7) is 7.53. The Balaban J connectivity index is 1.47. The summed E-state index contributed by atoms with van der Waals surface area (Å²) in [6, 6.07) is 13.0. The third-order valence-electron chi connectivity index (χ3n) is 6.05. The summed E-state index contributed by atoms with van der Waals surface area (Å²) in [6.07, 6.45) is 1.63. The molecule has 0 radical (unpaired) electrons. The van der Waals surface area contributed by atoms with Gasteiger partial charge in [0.1, 0.15) is 28.3 Å². The fraction of sp³-hybridized carbons (Fsp3) is 0.292. The number of fused-ring (bicyclic) bond motifs is 1. The maximum absolute atomic E-state index is 14.5. The summed E-state index contributed by atoms with van der Waals surface area (Å²) >= 11 is 0. The molecule has 4 aromatic rings. The normalized spacial score (nSPS) is 14.8. The molecule has 1 fully saturated rings. The number of halogens is 1. The lowest BCUT2D eigenvalue weighted by Gasteiger charge is -2.35. The van der Waals surface area contributed by atoms with E-state index in [1.54, 1.807) is 18.3 Å². The first-order chi connectivity index (χ1) is 15.7. The second kappa shape index (κ2) is 8.55. The fourth-order valence-corrected chi connectivity index (χ4v) is 4.18. The number of piperazine rings is 1. The Bertz CT molecular complexity index is 1230. The molecule has 164 valence electrons. The molecule has 32 heavy (non-hydrogen) atoms. The van der Waals surface area contributed by atoms with Crippen molar-refractivity contribution in [1.29, 1.82) is 0 Å². The summed E-state index contributed by atoms with van der Waals surface area (Å²) < 4.78 is 19.9. The van der Waals surface area contributed by atoms with Crippen molar-refractivity contribution in [2.75, 3.05) is 44.7 Å². The zero-order valence-corrected chi connectivity index (χ0v) is 18.2. The van der Waals surface area contributed by atoms with Crippen LogP contribution in [0.3, 0.4) is 0 Å². The summed E-state index contributed by atoms with van der Waals surface area (Å²) in [7, 11) is 1.50. The number of hydrogen-bond donors (Lipinski definition) is 1. The number of rotatable bonds is 5. The first-order valence-corrected chi connectivity index (χ1v) is 10.8. The van der Waals surface area contributed by atoms with Gasteiger partial charge in [0.05, 0.1) is 18.9 Å². The molecule has 0 bridgehead atoms. The number of benzene rings is 2. The van der Waals surface area contributed by atoms with Crippen LogP contribution in [0.25, 0.3) is 33.7 Å². The molecule has 1 aliphatic rings. The van der Waals surface area contributed by atoms with E-state index in [0.29, 0.717) is 22.5 Å². The van der Waals surface area contributed by atoms with Crippen LogP contribution in [-0.2, 0) is 0 Å². The highest BCUT2D eigenvalue weighted by Crippen LogP contribution is 2.33. The van der Waals surface area contributed by atoms with Gasteiger partial charge in [-0.2, -0.15) is 5.10 Å². The summed E-state index contributed by atoms with van der Waals surface area (Å²) in [5.74, 6) is 0.226. The maximum atomic E-state index is 14.5. The largest absolute Gasteiger partial charge is 0.496 e. The molecule has 0 aliphatic carbocycles. The SMILES string of the molecule is CCN1CCN(c2ccc(-c3n[nH]c4cnc(-c5c(F)cccc5OC)nc34)cc2)CC1. The highest BCUT2D eigenvalue weighted by Gasteiger charge is 2.19. The Hall–Kier alpha value is -3.52. The van der Waals surface area contributed by atoms with E-state index < -0.39 is 5.82 Å². The van der Waals surface area contributed by atoms with Crippen LogP contribution < -0.4 is 9.64 Å². The van der Waals surface area contributed by atoms with Gasteiger partial charge in [-0.05, 0) is 30.8 Å². The number of aromatic nitrogens is 4. The molecule has 0 saturated carbocycles. The second-order valence-corrected chi connectivity index (χ2v) is 7.81. The lowest BCUT2D eigenvalue weighted by Crippen LogP contribution is -2.46. The molecular weight excluding hydrogens is 407 g/mol. The van der Waals surface area contributed by atoms with E-state index in [4.69, 9.17) is 4.74 Å². The van der Waals surface area contributed by atoms with E-state index in [-0.39, 0.29) is 11.4 Å². The van der Waals surface area contributed by atoms with E-state index in [2.05, 4.69) is 61.2 Å². The number of hydrogen-bond acceptors (Lipinski definition) is 6. The zero-order chi connectivity index (χ0) is 22.1. The fourth-order valence-electron chi connectivity index (χ4n) is 4.18. The van der Waals surface area contributed by atoms with E-state index in [0.717, 1.165) is 38.3 Å². The van der Waals surface area contributed by atoms with Crippen molar-refractivity contribution in [3.8, 4) is 28.4 Å². The number of aromatic amines is 1. The van der Waals surface area contributed by atoms with Gasteiger partial charge in [-0.15, -0.1) is 0 Å². The minimum Gasteiger partial charge on any atom is -0.496 e. The Morgan fingerprint density at radius 1 is 1.06 bits per heavy atom. The first-order valence-electron chi connectivity index (χ1n) is 10.8. The topological polar surface area (TPSA) is 70.2 Å². The Morgan fingerprint density at radius 3 is 2.56 bits per heavy atom. The molecule has 1 saturated heterocycles. The Labute approximate surface area is 185 Å². The molecule has 0 amide bonds. The van der Waals surface area contributed by atoms with Crippen molar-refractivity contribution in [2.45, 2.75) is 6.92 Å². The molecule has 1 aliphatic heterocycles. The molecule has 0 atom stereocenters. The van der Waals surface area contributed by atoms with Crippen molar-refractivity contribution in [2.24, 2.45) is 0 Å². The number of nitrogens with zero attached hydrogens (tertiary/aromatic N) is 5. The van der Waals surface area contributed by atoms with Gasteiger partial charge in [0.15, 0.2) is 5.82 Å². The van der Waals surface area contributed by atoms with E-state index in [1.807, 2.05) is 0 Å². The maximum Gasteiger partial charge on any atom is 0.166 e. The number of nitrogens with one attached hydrogen (secondary N) is 1. The summed E-state index contributed by atoms with van der Waals surface area (Å²) in [5.41, 5.74) is 4.43. The molecule has 8 heteroatoms. The predicted molar refractivity (Wildman–Crippen MR) is 123 cm³/mol. The zero-order valence-electron chi connectivity index (χ0n) is 18.2. The average Bonchev–Trinajstić information content (AvgIpc) is 3.27. The smallest absolute Gasteiger partial charge is 0.166 e. The monoisotopic (exact) mass is 432 g/mol. The van der Waals surface area contributed by atoms with Gasteiger partial charge in [-0.25, -0.2) is 14.4 Å². The van der Waals surface area contributed by atoms with Crippen LogP contribution >= 0.6 is 0 Å². The van der Waals surface area contributed by atoms with Gasteiger partial charge in [0, 0.05) is 37.4 Å². The van der Waals surface area contributed by atoms with E-state index in [9.17, 15) is 4.39 Å². The van der Waals surface area contributed by atoms with Crippen LogP contribution in [0.4, 0.5) is 10.1 Å². The standard InChI is InChI=1S/C24H25FN6O/c1-3-30-11-13-31(14-12-30)17-9-7-16(8-10-17)22-23-19(28-29-22)15-26-24(27-23)21-18(25)5-4-6-20(21)32-2/h4-10,15H,3,11-14H2,1-2H3,(H,28,29).